The van der Waals surface area contributed by atoms with Crippen LogP contribution >= 0.6 is 0 Å². The van der Waals surface area contributed by atoms with Crippen LogP contribution in [0.3, 0.4) is 0 Å². The summed E-state index contributed by atoms with van der Waals surface area (Å²) in [7, 11) is 0. The number of aromatic nitrogens is 5. The van der Waals surface area contributed by atoms with Gasteiger partial charge in [0.1, 0.15) is 6.07 Å². The molecule has 260 valence electrons. The third-order valence-corrected chi connectivity index (χ3v) is 10.8. The topological polar surface area (TPSA) is 72.3 Å². The van der Waals surface area contributed by atoms with E-state index < -0.39 is 0 Å². The molecular weight excluding hydrogens is 685 g/mol. The average molecular weight is 715 g/mol. The number of fused-ring (bicyclic) bond motifs is 8. The molecule has 0 unspecified atom stereocenters. The number of hydrogen-bond donors (Lipinski definition) is 0. The van der Waals surface area contributed by atoms with E-state index in [-0.39, 0.29) is 0 Å². The van der Waals surface area contributed by atoms with Gasteiger partial charge in [-0.15, -0.1) is 0 Å². The Kier molecular flexibility index (Phi) is 7.13. The van der Waals surface area contributed by atoms with Crippen LogP contribution < -0.4 is 0 Å². The Morgan fingerprint density at radius 3 is 1.66 bits per heavy atom. The van der Waals surface area contributed by atoms with Crippen molar-refractivity contribution in [3.8, 4) is 51.6 Å². The van der Waals surface area contributed by atoms with Gasteiger partial charge in [0.15, 0.2) is 17.5 Å². The maximum absolute atomic E-state index is 10.9. The molecule has 3 aromatic heterocycles. The summed E-state index contributed by atoms with van der Waals surface area (Å²) < 4.78 is 4.66. The van der Waals surface area contributed by atoms with Crippen LogP contribution in [0.15, 0.2) is 182 Å². The van der Waals surface area contributed by atoms with Crippen molar-refractivity contribution in [1.29, 1.82) is 5.26 Å². The molecule has 56 heavy (non-hydrogen) atoms. The molecule has 0 amide bonds. The molecule has 0 aliphatic carbocycles. The number of rotatable bonds is 5. The fourth-order valence-corrected chi connectivity index (χ4v) is 8.32. The Morgan fingerprint density at radius 2 is 0.964 bits per heavy atom. The third kappa shape index (κ3) is 4.85. The van der Waals surface area contributed by atoms with Crippen LogP contribution in [0.4, 0.5) is 0 Å². The highest BCUT2D eigenvalue weighted by molar-refractivity contribution is 6.26. The first-order valence-corrected chi connectivity index (χ1v) is 18.6. The van der Waals surface area contributed by atoms with Crippen molar-refractivity contribution in [2.75, 3.05) is 0 Å². The highest BCUT2D eigenvalue weighted by Crippen LogP contribution is 2.43. The van der Waals surface area contributed by atoms with Crippen molar-refractivity contribution in [3.05, 3.63) is 188 Å². The minimum atomic E-state index is 0.503. The molecule has 0 aliphatic rings. The Bertz CT molecular complexity index is 3310. The Hall–Kier alpha value is -7.88. The van der Waals surface area contributed by atoms with Crippen LogP contribution in [0.25, 0.3) is 99.9 Å². The second kappa shape index (κ2) is 12.6. The summed E-state index contributed by atoms with van der Waals surface area (Å²) in [6, 6.07) is 65.0. The molecule has 11 rings (SSSR count). The van der Waals surface area contributed by atoms with Gasteiger partial charge in [0.2, 0.25) is 0 Å². The summed E-state index contributed by atoms with van der Waals surface area (Å²) in [6.07, 6.45) is 0. The molecule has 0 bridgehead atoms. The maximum atomic E-state index is 10.9. The standard InChI is InChI=1S/C50H30N6/c51-31-36-30-35(50-53-48(33-15-3-1-4-16-33)52-49(54-50)34-17-5-2-6-18-34)26-28-41(36)56-43-23-11-9-21-38(43)39-27-29-45-46(47(39)56)40-22-10-12-24-44(40)55(45)42-25-13-19-32-14-7-8-20-37(32)42/h1-30H. The third-order valence-electron chi connectivity index (χ3n) is 10.8. The molecule has 3 heterocycles. The first kappa shape index (κ1) is 31.6. The lowest BCUT2D eigenvalue weighted by molar-refractivity contribution is 1.07. The molecule has 8 aromatic carbocycles. The van der Waals surface area contributed by atoms with Gasteiger partial charge in [-0.2, -0.15) is 5.26 Å². The van der Waals surface area contributed by atoms with E-state index in [4.69, 9.17) is 15.0 Å². The van der Waals surface area contributed by atoms with Crippen molar-refractivity contribution in [1.82, 2.24) is 24.1 Å². The Labute approximate surface area is 321 Å². The van der Waals surface area contributed by atoms with Crippen LogP contribution in [0.2, 0.25) is 0 Å². The van der Waals surface area contributed by atoms with Gasteiger partial charge in [-0.3, -0.25) is 0 Å². The number of nitrogens with zero attached hydrogens (tertiary/aromatic N) is 6. The molecule has 0 aliphatic heterocycles. The van der Waals surface area contributed by atoms with Crippen molar-refractivity contribution in [2.45, 2.75) is 0 Å². The second-order valence-electron chi connectivity index (χ2n) is 13.9. The van der Waals surface area contributed by atoms with Gasteiger partial charge in [-0.25, -0.2) is 15.0 Å². The summed E-state index contributed by atoms with van der Waals surface area (Å²) >= 11 is 0. The summed E-state index contributed by atoms with van der Waals surface area (Å²) in [4.78, 5) is 14.8. The van der Waals surface area contributed by atoms with Gasteiger partial charge in [-0.05, 0) is 47.9 Å². The van der Waals surface area contributed by atoms with Crippen LogP contribution in [0, 0.1) is 11.3 Å². The monoisotopic (exact) mass is 714 g/mol. The fourth-order valence-electron chi connectivity index (χ4n) is 8.32. The van der Waals surface area contributed by atoms with E-state index in [2.05, 4.69) is 118 Å². The first-order chi connectivity index (χ1) is 27.7. The van der Waals surface area contributed by atoms with Crippen LogP contribution in [0.5, 0.6) is 0 Å². The fraction of sp³-hybridized carbons (Fsp3) is 0. The van der Waals surface area contributed by atoms with E-state index in [1.807, 2.05) is 78.9 Å². The zero-order valence-corrected chi connectivity index (χ0v) is 30.0. The Balaban J connectivity index is 1.18. The molecule has 0 saturated heterocycles. The number of para-hydroxylation sites is 2. The molecule has 0 radical (unpaired) electrons. The van der Waals surface area contributed by atoms with E-state index >= 15 is 0 Å². The van der Waals surface area contributed by atoms with E-state index in [0.717, 1.165) is 71.7 Å². The normalized spacial score (nSPS) is 11.6. The van der Waals surface area contributed by atoms with Gasteiger partial charge in [-0.1, -0.05) is 140 Å². The van der Waals surface area contributed by atoms with Crippen molar-refractivity contribution in [2.24, 2.45) is 0 Å². The molecule has 0 atom stereocenters. The van der Waals surface area contributed by atoms with Crippen molar-refractivity contribution >= 4 is 54.4 Å². The smallest absolute Gasteiger partial charge is 0.164 e. The van der Waals surface area contributed by atoms with E-state index in [9.17, 15) is 5.26 Å². The van der Waals surface area contributed by atoms with Crippen LogP contribution in [-0.2, 0) is 0 Å². The summed E-state index contributed by atoms with van der Waals surface area (Å²) in [6.45, 7) is 0. The molecule has 6 nitrogen and oxygen atoms in total. The molecule has 0 fully saturated rings. The first-order valence-electron chi connectivity index (χ1n) is 18.6. The van der Waals surface area contributed by atoms with Crippen molar-refractivity contribution < 1.29 is 0 Å². The number of benzene rings is 8. The van der Waals surface area contributed by atoms with Crippen LogP contribution in [-0.4, -0.2) is 24.1 Å². The zero-order chi connectivity index (χ0) is 37.2. The van der Waals surface area contributed by atoms with E-state index in [1.165, 1.54) is 10.8 Å². The summed E-state index contributed by atoms with van der Waals surface area (Å²) in [5, 5.41) is 17.8. The highest BCUT2D eigenvalue weighted by atomic mass is 15.0. The Morgan fingerprint density at radius 1 is 0.393 bits per heavy atom. The molecule has 11 aromatic rings. The van der Waals surface area contributed by atoms with E-state index in [1.54, 1.807) is 0 Å². The van der Waals surface area contributed by atoms with Gasteiger partial charge >= 0.3 is 0 Å². The lowest BCUT2D eigenvalue weighted by Gasteiger charge is -2.14. The highest BCUT2D eigenvalue weighted by Gasteiger charge is 2.23. The number of hydrogen-bond acceptors (Lipinski definition) is 4. The van der Waals surface area contributed by atoms with Crippen molar-refractivity contribution in [3.63, 3.8) is 0 Å². The van der Waals surface area contributed by atoms with Crippen LogP contribution in [0.1, 0.15) is 5.56 Å². The molecule has 0 N–H and O–H groups in total. The molecule has 0 spiro atoms. The quantitative estimate of drug-likeness (QED) is 0.178. The van der Waals surface area contributed by atoms with Gasteiger partial charge < -0.3 is 9.13 Å². The largest absolute Gasteiger partial charge is 0.309 e. The SMILES string of the molecule is N#Cc1cc(-c2nc(-c3ccccc3)nc(-c3ccccc3)n2)ccc1-n1c2ccccc2c2ccc3c(c4ccccc4n3-c3cccc4ccccc34)c21. The maximum Gasteiger partial charge on any atom is 0.164 e. The van der Waals surface area contributed by atoms with Gasteiger partial charge in [0, 0.05) is 43.6 Å². The second-order valence-corrected chi connectivity index (χ2v) is 13.9. The molecule has 0 saturated carbocycles. The lowest BCUT2D eigenvalue weighted by Crippen LogP contribution is -2.02. The minimum Gasteiger partial charge on any atom is -0.309 e. The molecule has 6 heteroatoms. The van der Waals surface area contributed by atoms with E-state index in [0.29, 0.717) is 23.0 Å². The summed E-state index contributed by atoms with van der Waals surface area (Å²) in [5.41, 5.74) is 9.25. The van der Waals surface area contributed by atoms with Gasteiger partial charge in [0.05, 0.1) is 39.0 Å². The zero-order valence-electron chi connectivity index (χ0n) is 30.0. The molecular formula is C50H30N6. The van der Waals surface area contributed by atoms with Gasteiger partial charge in [0.25, 0.3) is 0 Å². The number of nitriles is 1. The summed E-state index contributed by atoms with van der Waals surface area (Å²) in [5.74, 6) is 1.65. The predicted octanol–water partition coefficient (Wildman–Crippen LogP) is 12.1. The predicted molar refractivity (Wildman–Crippen MR) is 227 cm³/mol. The lowest BCUT2D eigenvalue weighted by atomic mass is 10.1. The average Bonchev–Trinajstić information content (AvgIpc) is 3.79. The minimum absolute atomic E-state index is 0.503.